The molecule has 0 aliphatic carbocycles. The third-order valence-corrected chi connectivity index (χ3v) is 8.01. The zero-order valence-corrected chi connectivity index (χ0v) is 26.9. The van der Waals surface area contributed by atoms with Gasteiger partial charge in [0.25, 0.3) is 11.5 Å². The van der Waals surface area contributed by atoms with E-state index >= 15 is 0 Å². The molecule has 1 atom stereocenters. The standard InChI is InChI=1S/C28H25BrI2N4O3/c1-4-17(3)27-34-24-10-7-19(29)13-21(24)28(37)35(27)32-14-18-11-22(30)26(23(31)12-18)38-15-25(36)33-20-8-5-16(2)6-9-20/h5-14,17H,4,15H2,1-3H3,(H,33,36)/t17-/m1/s1. The summed E-state index contributed by atoms with van der Waals surface area (Å²) in [6, 6.07) is 16.9. The van der Waals surface area contributed by atoms with Crippen LogP contribution in [0.25, 0.3) is 10.9 Å². The highest BCUT2D eigenvalue weighted by atomic mass is 127. The average Bonchev–Trinajstić information content (AvgIpc) is 2.88. The fourth-order valence-electron chi connectivity index (χ4n) is 3.67. The van der Waals surface area contributed by atoms with Gasteiger partial charge in [-0.3, -0.25) is 9.59 Å². The quantitative estimate of drug-likeness (QED) is 0.153. The first-order valence-electron chi connectivity index (χ1n) is 11.9. The molecular formula is C28H25BrI2N4O3. The predicted octanol–water partition coefficient (Wildman–Crippen LogP) is 7.09. The van der Waals surface area contributed by atoms with E-state index in [-0.39, 0.29) is 24.0 Å². The fourth-order valence-corrected chi connectivity index (χ4v) is 6.16. The average molecular weight is 799 g/mol. The van der Waals surface area contributed by atoms with Gasteiger partial charge in [0.2, 0.25) is 0 Å². The van der Waals surface area contributed by atoms with Gasteiger partial charge in [-0.25, -0.2) is 4.98 Å². The third kappa shape index (κ3) is 6.81. The van der Waals surface area contributed by atoms with E-state index in [9.17, 15) is 9.59 Å². The molecule has 1 amide bonds. The molecule has 0 fully saturated rings. The molecule has 0 spiro atoms. The summed E-state index contributed by atoms with van der Waals surface area (Å²) in [5.74, 6) is 1.05. The van der Waals surface area contributed by atoms with Crippen molar-refractivity contribution in [3.8, 4) is 5.75 Å². The summed E-state index contributed by atoms with van der Waals surface area (Å²) in [4.78, 5) is 30.5. The van der Waals surface area contributed by atoms with Gasteiger partial charge in [-0.05, 0) is 107 Å². The highest BCUT2D eigenvalue weighted by molar-refractivity contribution is 14.1. The molecule has 0 bridgehead atoms. The molecule has 4 aromatic rings. The lowest BCUT2D eigenvalue weighted by atomic mass is 10.1. The van der Waals surface area contributed by atoms with Gasteiger partial charge in [0.05, 0.1) is 24.3 Å². The highest BCUT2D eigenvalue weighted by Crippen LogP contribution is 2.29. The van der Waals surface area contributed by atoms with Crippen LogP contribution in [0.2, 0.25) is 0 Å². The van der Waals surface area contributed by atoms with E-state index in [1.807, 2.05) is 62.4 Å². The Balaban J connectivity index is 1.57. The minimum Gasteiger partial charge on any atom is -0.482 e. The summed E-state index contributed by atoms with van der Waals surface area (Å²) in [5, 5.41) is 7.89. The van der Waals surface area contributed by atoms with E-state index in [0.717, 1.165) is 34.8 Å². The molecule has 0 saturated heterocycles. The number of fused-ring (bicyclic) bond motifs is 1. The Bertz CT molecular complexity index is 1560. The van der Waals surface area contributed by atoms with Crippen LogP contribution in [0.1, 0.15) is 43.1 Å². The molecule has 4 rings (SSSR count). The van der Waals surface area contributed by atoms with Gasteiger partial charge in [0.15, 0.2) is 6.61 Å². The number of halogens is 3. The molecule has 0 aliphatic rings. The first kappa shape index (κ1) is 28.7. The number of anilines is 1. The summed E-state index contributed by atoms with van der Waals surface area (Å²) in [7, 11) is 0. The molecule has 1 N–H and O–H groups in total. The van der Waals surface area contributed by atoms with Gasteiger partial charge in [-0.2, -0.15) is 9.78 Å². The van der Waals surface area contributed by atoms with E-state index in [4.69, 9.17) is 9.72 Å². The zero-order valence-electron chi connectivity index (χ0n) is 21.0. The van der Waals surface area contributed by atoms with Gasteiger partial charge in [-0.1, -0.05) is 47.5 Å². The lowest BCUT2D eigenvalue weighted by molar-refractivity contribution is -0.118. The molecule has 10 heteroatoms. The fraction of sp³-hybridized carbons (Fsp3) is 0.214. The van der Waals surface area contributed by atoms with Crippen molar-refractivity contribution in [3.05, 3.63) is 93.5 Å². The Labute approximate surface area is 256 Å². The zero-order chi connectivity index (χ0) is 27.4. The van der Waals surface area contributed by atoms with Crippen LogP contribution in [0.5, 0.6) is 5.75 Å². The van der Waals surface area contributed by atoms with Crippen LogP contribution in [-0.4, -0.2) is 28.4 Å². The number of aryl methyl sites for hydroxylation is 1. The number of carbonyl (C=O) groups is 1. The number of hydrogen-bond acceptors (Lipinski definition) is 5. The van der Waals surface area contributed by atoms with E-state index in [0.29, 0.717) is 22.5 Å². The Kier molecular flexibility index (Phi) is 9.58. The second-order valence-electron chi connectivity index (χ2n) is 8.82. The Morgan fingerprint density at radius 3 is 2.50 bits per heavy atom. The van der Waals surface area contributed by atoms with Crippen molar-refractivity contribution in [1.82, 2.24) is 9.66 Å². The smallest absolute Gasteiger partial charge is 0.282 e. The summed E-state index contributed by atoms with van der Waals surface area (Å²) >= 11 is 7.79. The summed E-state index contributed by atoms with van der Waals surface area (Å²) in [6.07, 6.45) is 2.47. The molecule has 3 aromatic carbocycles. The predicted molar refractivity (Wildman–Crippen MR) is 173 cm³/mol. The molecule has 0 saturated carbocycles. The van der Waals surface area contributed by atoms with Crippen LogP contribution in [0.3, 0.4) is 0 Å². The largest absolute Gasteiger partial charge is 0.482 e. The van der Waals surface area contributed by atoms with Crippen LogP contribution < -0.4 is 15.6 Å². The van der Waals surface area contributed by atoms with E-state index < -0.39 is 0 Å². The van der Waals surface area contributed by atoms with Gasteiger partial charge >= 0.3 is 0 Å². The highest BCUT2D eigenvalue weighted by Gasteiger charge is 2.16. The number of ether oxygens (including phenoxy) is 1. The number of amides is 1. The Hall–Kier alpha value is -2.32. The lowest BCUT2D eigenvalue weighted by Gasteiger charge is -2.14. The molecule has 0 aliphatic heterocycles. The summed E-state index contributed by atoms with van der Waals surface area (Å²) < 4.78 is 9.70. The van der Waals surface area contributed by atoms with E-state index in [1.165, 1.54) is 4.68 Å². The molecule has 7 nitrogen and oxygen atoms in total. The van der Waals surface area contributed by atoms with Crippen LogP contribution in [0.15, 0.2) is 69.0 Å². The van der Waals surface area contributed by atoms with Crippen molar-refractivity contribution < 1.29 is 9.53 Å². The molecular weight excluding hydrogens is 774 g/mol. The van der Waals surface area contributed by atoms with Crippen LogP contribution in [0.4, 0.5) is 5.69 Å². The molecule has 196 valence electrons. The topological polar surface area (TPSA) is 85.6 Å². The number of nitrogens with zero attached hydrogens (tertiary/aromatic N) is 3. The number of nitrogens with one attached hydrogen (secondary N) is 1. The second-order valence-corrected chi connectivity index (χ2v) is 12.1. The van der Waals surface area contributed by atoms with Gasteiger partial charge in [0, 0.05) is 16.1 Å². The minimum absolute atomic E-state index is 0.0509. The third-order valence-electron chi connectivity index (χ3n) is 5.91. The van der Waals surface area contributed by atoms with Crippen molar-refractivity contribution in [2.75, 3.05) is 11.9 Å². The minimum atomic E-state index is -0.238. The Morgan fingerprint density at radius 1 is 1.16 bits per heavy atom. The number of aromatic nitrogens is 2. The molecule has 0 radical (unpaired) electrons. The number of carbonyl (C=O) groups excluding carboxylic acids is 1. The van der Waals surface area contributed by atoms with Crippen LogP contribution >= 0.6 is 61.1 Å². The first-order chi connectivity index (χ1) is 18.2. The maximum absolute atomic E-state index is 13.4. The van der Waals surface area contributed by atoms with Crippen molar-refractivity contribution in [2.24, 2.45) is 5.10 Å². The SMILES string of the molecule is CC[C@@H](C)c1nc2ccc(Br)cc2c(=O)n1N=Cc1cc(I)c(OCC(=O)Nc2ccc(C)cc2)c(I)c1. The van der Waals surface area contributed by atoms with Gasteiger partial charge < -0.3 is 10.1 Å². The van der Waals surface area contributed by atoms with E-state index in [2.05, 4.69) is 78.5 Å². The van der Waals surface area contributed by atoms with Crippen molar-refractivity contribution in [3.63, 3.8) is 0 Å². The maximum Gasteiger partial charge on any atom is 0.282 e. The molecule has 1 heterocycles. The summed E-state index contributed by atoms with van der Waals surface area (Å²) in [6.45, 7) is 5.97. The maximum atomic E-state index is 13.4. The lowest BCUT2D eigenvalue weighted by Crippen LogP contribution is -2.23. The van der Waals surface area contributed by atoms with E-state index in [1.54, 1.807) is 12.3 Å². The van der Waals surface area contributed by atoms with Crippen LogP contribution in [-0.2, 0) is 4.79 Å². The monoisotopic (exact) mass is 798 g/mol. The van der Waals surface area contributed by atoms with Crippen molar-refractivity contribution >= 4 is 89.8 Å². The second kappa shape index (κ2) is 12.7. The number of hydrogen-bond donors (Lipinski definition) is 1. The van der Waals surface area contributed by atoms with Crippen LogP contribution in [0, 0.1) is 14.1 Å². The van der Waals surface area contributed by atoms with Gasteiger partial charge in [-0.15, -0.1) is 0 Å². The Morgan fingerprint density at radius 2 is 1.84 bits per heavy atom. The molecule has 38 heavy (non-hydrogen) atoms. The van der Waals surface area contributed by atoms with Crippen molar-refractivity contribution in [1.29, 1.82) is 0 Å². The van der Waals surface area contributed by atoms with Gasteiger partial charge in [0.1, 0.15) is 11.6 Å². The van der Waals surface area contributed by atoms with Crippen molar-refractivity contribution in [2.45, 2.75) is 33.1 Å². The first-order valence-corrected chi connectivity index (χ1v) is 14.9. The normalized spacial score (nSPS) is 12.2. The molecule has 1 aromatic heterocycles. The number of rotatable bonds is 8. The summed E-state index contributed by atoms with van der Waals surface area (Å²) in [5.41, 5.74) is 3.08. The molecule has 0 unspecified atom stereocenters. The number of benzene rings is 3.